The normalized spacial score (nSPS) is 10.4. The number of amides is 1. The summed E-state index contributed by atoms with van der Waals surface area (Å²) < 4.78 is 7.04. The second-order valence-corrected chi connectivity index (χ2v) is 5.84. The molecular formula is C19H18ClN3O2. The maximum absolute atomic E-state index is 11.9. The highest BCUT2D eigenvalue weighted by Crippen LogP contribution is 2.23. The zero-order valence-corrected chi connectivity index (χ0v) is 14.3. The number of nitrogens with one attached hydrogen (secondary N) is 1. The van der Waals surface area contributed by atoms with Crippen LogP contribution in [0.4, 0.5) is 0 Å². The zero-order chi connectivity index (χ0) is 17.5. The van der Waals surface area contributed by atoms with Crippen LogP contribution in [0.3, 0.4) is 0 Å². The fraction of sp³-hybridized carbons (Fsp3) is 0.158. The van der Waals surface area contributed by atoms with Gasteiger partial charge in [-0.2, -0.15) is 0 Å². The molecule has 0 unspecified atom stereocenters. The van der Waals surface area contributed by atoms with Gasteiger partial charge in [0.15, 0.2) is 6.61 Å². The molecule has 3 rings (SSSR count). The average molecular weight is 356 g/mol. The van der Waals surface area contributed by atoms with Gasteiger partial charge in [0.2, 0.25) is 0 Å². The summed E-state index contributed by atoms with van der Waals surface area (Å²) in [5.74, 6) is 0.0324. The van der Waals surface area contributed by atoms with Gasteiger partial charge in [-0.25, -0.2) is 4.68 Å². The smallest absolute Gasteiger partial charge is 0.258 e. The van der Waals surface area contributed by atoms with Gasteiger partial charge >= 0.3 is 0 Å². The molecule has 0 aliphatic rings. The van der Waals surface area contributed by atoms with Crippen LogP contribution >= 0.6 is 11.6 Å². The number of hydrogen-bond donors (Lipinski definition) is 1. The number of rotatable bonds is 7. The first kappa shape index (κ1) is 17.0. The van der Waals surface area contributed by atoms with Crippen LogP contribution in [0, 0.1) is 0 Å². The predicted octanol–water partition coefficient (Wildman–Crippen LogP) is 3.26. The van der Waals surface area contributed by atoms with Gasteiger partial charge in [0.1, 0.15) is 5.02 Å². The molecule has 0 saturated heterocycles. The number of nitrogens with zero attached hydrogens (tertiary/aromatic N) is 2. The Morgan fingerprint density at radius 2 is 1.76 bits per heavy atom. The molecule has 1 aromatic heterocycles. The lowest BCUT2D eigenvalue weighted by Crippen LogP contribution is -2.30. The second-order valence-electron chi connectivity index (χ2n) is 5.44. The summed E-state index contributed by atoms with van der Waals surface area (Å²) in [6, 6.07) is 19.5. The number of carbonyl (C=O) groups is 1. The third kappa shape index (κ3) is 4.84. The molecule has 5 nitrogen and oxygen atoms in total. The van der Waals surface area contributed by atoms with E-state index in [9.17, 15) is 4.79 Å². The molecule has 0 aliphatic heterocycles. The van der Waals surface area contributed by atoms with Crippen LogP contribution in [0.15, 0.2) is 66.9 Å². The van der Waals surface area contributed by atoms with Gasteiger partial charge in [0, 0.05) is 6.54 Å². The molecule has 3 aromatic rings. The number of para-hydroxylation sites is 1. The van der Waals surface area contributed by atoms with Crippen molar-refractivity contribution in [2.75, 3.05) is 13.2 Å². The lowest BCUT2D eigenvalue weighted by atomic mass is 10.1. The summed E-state index contributed by atoms with van der Waals surface area (Å²) in [7, 11) is 0. The van der Waals surface area contributed by atoms with Crippen LogP contribution in [-0.2, 0) is 11.2 Å². The molecule has 6 heteroatoms. The lowest BCUT2D eigenvalue weighted by Gasteiger charge is -2.06. The number of aromatic nitrogens is 2. The van der Waals surface area contributed by atoms with Gasteiger partial charge in [-0.15, -0.1) is 5.10 Å². The first-order valence-electron chi connectivity index (χ1n) is 7.96. The van der Waals surface area contributed by atoms with E-state index in [0.717, 1.165) is 12.1 Å². The van der Waals surface area contributed by atoms with Crippen LogP contribution in [-0.4, -0.2) is 28.8 Å². The van der Waals surface area contributed by atoms with Crippen molar-refractivity contribution >= 4 is 17.5 Å². The molecule has 0 radical (unpaired) electrons. The van der Waals surface area contributed by atoms with E-state index < -0.39 is 0 Å². The Kier molecular flexibility index (Phi) is 5.69. The maximum atomic E-state index is 11.9. The minimum Gasteiger partial charge on any atom is -0.465 e. The molecule has 0 aliphatic carbocycles. The molecule has 0 bridgehead atoms. The fourth-order valence-electron chi connectivity index (χ4n) is 2.32. The van der Waals surface area contributed by atoms with Gasteiger partial charge in [-0.1, -0.05) is 60.1 Å². The molecule has 0 saturated carbocycles. The Labute approximate surface area is 151 Å². The Morgan fingerprint density at radius 3 is 2.48 bits per heavy atom. The molecule has 25 heavy (non-hydrogen) atoms. The Bertz CT molecular complexity index is 819. The second kappa shape index (κ2) is 8.35. The monoisotopic (exact) mass is 355 g/mol. The topological polar surface area (TPSA) is 56.1 Å². The molecule has 0 fully saturated rings. The van der Waals surface area contributed by atoms with E-state index in [1.54, 1.807) is 10.9 Å². The third-order valence-corrected chi connectivity index (χ3v) is 3.84. The van der Waals surface area contributed by atoms with Crippen molar-refractivity contribution in [2.45, 2.75) is 6.42 Å². The van der Waals surface area contributed by atoms with Crippen molar-refractivity contribution in [1.82, 2.24) is 15.1 Å². The summed E-state index contributed by atoms with van der Waals surface area (Å²) in [6.45, 7) is 0.429. The van der Waals surface area contributed by atoms with Crippen molar-refractivity contribution in [3.63, 3.8) is 0 Å². The van der Waals surface area contributed by atoms with Crippen LogP contribution in [0.25, 0.3) is 5.69 Å². The summed E-state index contributed by atoms with van der Waals surface area (Å²) in [5, 5.41) is 7.44. The van der Waals surface area contributed by atoms with Gasteiger partial charge in [-0.05, 0) is 24.1 Å². The summed E-state index contributed by atoms with van der Waals surface area (Å²) in [4.78, 5) is 11.9. The quantitative estimate of drug-likeness (QED) is 0.707. The van der Waals surface area contributed by atoms with E-state index in [4.69, 9.17) is 16.3 Å². The first-order valence-corrected chi connectivity index (χ1v) is 8.34. The molecule has 0 atom stereocenters. The Balaban J connectivity index is 1.48. The van der Waals surface area contributed by atoms with E-state index >= 15 is 0 Å². The van der Waals surface area contributed by atoms with Crippen LogP contribution < -0.4 is 10.1 Å². The summed E-state index contributed by atoms with van der Waals surface area (Å²) in [6.07, 6.45) is 2.43. The number of carbonyl (C=O) groups excluding carboxylic acids is 1. The number of hydrogen-bond acceptors (Lipinski definition) is 3. The number of halogens is 1. The highest BCUT2D eigenvalue weighted by molar-refractivity contribution is 6.31. The van der Waals surface area contributed by atoms with Gasteiger partial charge in [0.25, 0.3) is 11.8 Å². The van der Waals surface area contributed by atoms with Gasteiger partial charge in [0.05, 0.1) is 11.9 Å². The van der Waals surface area contributed by atoms with Gasteiger partial charge in [-0.3, -0.25) is 4.79 Å². The van der Waals surface area contributed by atoms with Crippen LogP contribution in [0.5, 0.6) is 5.88 Å². The van der Waals surface area contributed by atoms with Crippen molar-refractivity contribution in [3.8, 4) is 11.6 Å². The van der Waals surface area contributed by atoms with E-state index in [1.165, 1.54) is 5.56 Å². The standard InChI is InChI=1S/C19H18ClN3O2/c20-17-13-23(16-9-5-2-6-10-16)22-19(17)25-14-18(24)21-12-11-15-7-3-1-4-8-15/h1-10,13H,11-12,14H2,(H,21,24). The third-order valence-electron chi connectivity index (χ3n) is 3.58. The van der Waals surface area contributed by atoms with Crippen LogP contribution in [0.1, 0.15) is 5.56 Å². The van der Waals surface area contributed by atoms with E-state index in [-0.39, 0.29) is 18.4 Å². The fourth-order valence-corrected chi connectivity index (χ4v) is 2.51. The summed E-state index contributed by atoms with van der Waals surface area (Å²) >= 11 is 6.12. The van der Waals surface area contributed by atoms with Gasteiger partial charge < -0.3 is 10.1 Å². The minimum atomic E-state index is -0.207. The van der Waals surface area contributed by atoms with Crippen molar-refractivity contribution < 1.29 is 9.53 Å². The highest BCUT2D eigenvalue weighted by atomic mass is 35.5. The minimum absolute atomic E-state index is 0.125. The van der Waals surface area contributed by atoms with Crippen molar-refractivity contribution in [3.05, 3.63) is 77.4 Å². The summed E-state index contributed by atoms with van der Waals surface area (Å²) in [5.41, 5.74) is 2.04. The highest BCUT2D eigenvalue weighted by Gasteiger charge is 2.11. The van der Waals surface area contributed by atoms with Crippen molar-refractivity contribution in [1.29, 1.82) is 0 Å². The van der Waals surface area contributed by atoms with Crippen molar-refractivity contribution in [2.24, 2.45) is 0 Å². The zero-order valence-electron chi connectivity index (χ0n) is 13.6. The molecule has 1 heterocycles. The largest absolute Gasteiger partial charge is 0.465 e. The molecule has 128 valence electrons. The Morgan fingerprint density at radius 1 is 1.08 bits per heavy atom. The number of benzene rings is 2. The van der Waals surface area contributed by atoms with E-state index in [2.05, 4.69) is 10.4 Å². The maximum Gasteiger partial charge on any atom is 0.258 e. The van der Waals surface area contributed by atoms with Crippen LogP contribution in [0.2, 0.25) is 5.02 Å². The predicted molar refractivity (Wildman–Crippen MR) is 97.2 cm³/mol. The molecule has 0 spiro atoms. The van der Waals surface area contributed by atoms with E-state index in [0.29, 0.717) is 11.6 Å². The lowest BCUT2D eigenvalue weighted by molar-refractivity contribution is -0.123. The molecule has 1 N–H and O–H groups in total. The van der Waals surface area contributed by atoms with E-state index in [1.807, 2.05) is 60.7 Å². The SMILES string of the molecule is O=C(COc1nn(-c2ccccc2)cc1Cl)NCCc1ccccc1. The Hall–Kier alpha value is -2.79. The average Bonchev–Trinajstić information content (AvgIpc) is 3.02. The number of ether oxygens (including phenoxy) is 1. The first-order chi connectivity index (χ1) is 12.2. The molecular weight excluding hydrogens is 338 g/mol. The molecule has 2 aromatic carbocycles. The molecule has 1 amide bonds.